The fourth-order valence-electron chi connectivity index (χ4n) is 1.82. The van der Waals surface area contributed by atoms with E-state index in [2.05, 4.69) is 0 Å². The number of rotatable bonds is 3. The van der Waals surface area contributed by atoms with Crippen molar-refractivity contribution in [3.8, 4) is 6.07 Å². The number of ketones is 1. The molecule has 1 atom stereocenters. The van der Waals surface area contributed by atoms with Crippen LogP contribution in [0, 0.1) is 17.1 Å². The van der Waals surface area contributed by atoms with E-state index in [1.807, 2.05) is 6.07 Å². The Kier molecular flexibility index (Phi) is 4.39. The van der Waals surface area contributed by atoms with Crippen LogP contribution in [0.2, 0.25) is 10.0 Å². The van der Waals surface area contributed by atoms with Crippen molar-refractivity contribution in [2.45, 2.75) is 5.92 Å². The maximum absolute atomic E-state index is 13.9. The summed E-state index contributed by atoms with van der Waals surface area (Å²) >= 11 is 11.5. The lowest BCUT2D eigenvalue weighted by Crippen LogP contribution is -2.13. The molecule has 0 radical (unpaired) electrons. The Morgan fingerprint density at radius 2 is 1.90 bits per heavy atom. The summed E-state index contributed by atoms with van der Waals surface area (Å²) in [6.45, 7) is 0. The van der Waals surface area contributed by atoms with E-state index in [-0.39, 0.29) is 10.6 Å². The molecule has 0 saturated carbocycles. The van der Waals surface area contributed by atoms with Gasteiger partial charge in [-0.25, -0.2) is 4.39 Å². The van der Waals surface area contributed by atoms with Crippen LogP contribution in [0.4, 0.5) is 4.39 Å². The Balaban J connectivity index is 2.45. The van der Waals surface area contributed by atoms with E-state index in [9.17, 15) is 14.4 Å². The van der Waals surface area contributed by atoms with Crippen LogP contribution in [0.1, 0.15) is 21.8 Å². The quantitative estimate of drug-likeness (QED) is 0.776. The first-order valence-electron chi connectivity index (χ1n) is 5.68. The van der Waals surface area contributed by atoms with Gasteiger partial charge in [-0.05, 0) is 29.8 Å². The van der Waals surface area contributed by atoms with Crippen molar-refractivity contribution in [3.05, 3.63) is 69.5 Å². The molecule has 0 aliphatic rings. The Labute approximate surface area is 125 Å². The van der Waals surface area contributed by atoms with Crippen molar-refractivity contribution in [1.82, 2.24) is 0 Å². The Morgan fingerprint density at radius 3 is 2.55 bits per heavy atom. The molecule has 0 aliphatic carbocycles. The summed E-state index contributed by atoms with van der Waals surface area (Å²) in [5, 5.41) is 9.44. The molecule has 0 aromatic heterocycles. The molecule has 0 N–H and O–H groups in total. The molecule has 2 nitrogen and oxygen atoms in total. The van der Waals surface area contributed by atoms with Gasteiger partial charge < -0.3 is 0 Å². The highest BCUT2D eigenvalue weighted by Crippen LogP contribution is 2.26. The molecule has 0 heterocycles. The third-order valence-corrected chi connectivity index (χ3v) is 3.32. The largest absolute Gasteiger partial charge is 0.292 e. The van der Waals surface area contributed by atoms with Crippen molar-refractivity contribution < 1.29 is 9.18 Å². The van der Waals surface area contributed by atoms with Gasteiger partial charge in [-0.1, -0.05) is 41.4 Å². The zero-order valence-electron chi connectivity index (χ0n) is 10.1. The van der Waals surface area contributed by atoms with Gasteiger partial charge in [-0.2, -0.15) is 5.26 Å². The van der Waals surface area contributed by atoms with E-state index in [0.717, 1.165) is 0 Å². The Bertz CT molecular complexity index is 709. The van der Waals surface area contributed by atoms with Crippen LogP contribution < -0.4 is 0 Å². The van der Waals surface area contributed by atoms with Crippen molar-refractivity contribution in [2.24, 2.45) is 0 Å². The molecule has 0 spiro atoms. The summed E-state index contributed by atoms with van der Waals surface area (Å²) in [6, 6.07) is 12.3. The van der Waals surface area contributed by atoms with E-state index in [4.69, 9.17) is 23.2 Å². The van der Waals surface area contributed by atoms with Gasteiger partial charge in [0.15, 0.2) is 11.6 Å². The second kappa shape index (κ2) is 6.04. The first kappa shape index (κ1) is 14.5. The minimum atomic E-state index is -1.12. The summed E-state index contributed by atoms with van der Waals surface area (Å²) in [4.78, 5) is 12.3. The van der Waals surface area contributed by atoms with Crippen molar-refractivity contribution in [2.75, 3.05) is 0 Å². The number of halogens is 3. The normalized spacial score (nSPS) is 11.7. The molecule has 0 amide bonds. The number of hydrogen-bond acceptors (Lipinski definition) is 2. The molecule has 20 heavy (non-hydrogen) atoms. The van der Waals surface area contributed by atoms with Crippen LogP contribution in [0.25, 0.3) is 0 Å². The zero-order chi connectivity index (χ0) is 14.7. The zero-order valence-corrected chi connectivity index (χ0v) is 11.6. The van der Waals surface area contributed by atoms with Crippen LogP contribution in [0.15, 0.2) is 42.5 Å². The third-order valence-electron chi connectivity index (χ3n) is 2.79. The highest BCUT2D eigenvalue weighted by molar-refractivity contribution is 6.31. The van der Waals surface area contributed by atoms with Gasteiger partial charge in [-0.15, -0.1) is 0 Å². The smallest absolute Gasteiger partial charge is 0.187 e. The number of carbonyl (C=O) groups excluding carboxylic acids is 1. The van der Waals surface area contributed by atoms with Gasteiger partial charge in [0.25, 0.3) is 0 Å². The van der Waals surface area contributed by atoms with E-state index in [1.54, 1.807) is 18.2 Å². The minimum absolute atomic E-state index is 0.154. The monoisotopic (exact) mass is 307 g/mol. The van der Waals surface area contributed by atoms with E-state index in [0.29, 0.717) is 10.6 Å². The molecule has 2 aromatic rings. The second-order valence-electron chi connectivity index (χ2n) is 4.08. The van der Waals surface area contributed by atoms with Crippen LogP contribution >= 0.6 is 23.2 Å². The van der Waals surface area contributed by atoms with Crippen molar-refractivity contribution >= 4 is 29.0 Å². The van der Waals surface area contributed by atoms with Gasteiger partial charge in [0, 0.05) is 5.02 Å². The fraction of sp³-hybridized carbons (Fsp3) is 0.0667. The maximum Gasteiger partial charge on any atom is 0.187 e. The Morgan fingerprint density at radius 1 is 1.20 bits per heavy atom. The topological polar surface area (TPSA) is 40.9 Å². The molecule has 0 fully saturated rings. The van der Waals surface area contributed by atoms with Crippen LogP contribution in [-0.4, -0.2) is 5.78 Å². The highest BCUT2D eigenvalue weighted by Gasteiger charge is 2.25. The lowest BCUT2D eigenvalue weighted by molar-refractivity contribution is 0.0975. The van der Waals surface area contributed by atoms with Crippen LogP contribution in [0.3, 0.4) is 0 Å². The molecular formula is C15H8Cl2FNO. The standard InChI is InChI=1S/C15H8Cl2FNO/c16-10-4-1-3-9(7-10)12(8-19)15(20)11-5-2-6-13(17)14(11)18/h1-7,12H. The number of hydrogen-bond donors (Lipinski definition) is 0. The molecule has 0 aliphatic heterocycles. The molecule has 2 aromatic carbocycles. The third kappa shape index (κ3) is 2.82. The number of Topliss-reactive ketones (excluding diaryl/α,β-unsaturated/α-hetero) is 1. The first-order valence-corrected chi connectivity index (χ1v) is 6.43. The van der Waals surface area contributed by atoms with Crippen LogP contribution in [0.5, 0.6) is 0 Å². The summed E-state index contributed by atoms with van der Waals surface area (Å²) in [5.41, 5.74) is 0.216. The van der Waals surface area contributed by atoms with Crippen LogP contribution in [-0.2, 0) is 0 Å². The number of nitrogens with zero attached hydrogens (tertiary/aromatic N) is 1. The predicted molar refractivity (Wildman–Crippen MR) is 75.5 cm³/mol. The first-order chi connectivity index (χ1) is 9.54. The van der Waals surface area contributed by atoms with Gasteiger partial charge in [0.05, 0.1) is 16.7 Å². The lowest BCUT2D eigenvalue weighted by atomic mass is 9.91. The van der Waals surface area contributed by atoms with Gasteiger partial charge >= 0.3 is 0 Å². The fourth-order valence-corrected chi connectivity index (χ4v) is 2.19. The molecular weight excluding hydrogens is 300 g/mol. The summed E-state index contributed by atoms with van der Waals surface area (Å²) in [5.74, 6) is -2.59. The molecule has 5 heteroatoms. The van der Waals surface area contributed by atoms with Gasteiger partial charge in [0.1, 0.15) is 5.92 Å². The van der Waals surface area contributed by atoms with Gasteiger partial charge in [-0.3, -0.25) is 4.79 Å². The molecule has 2 rings (SSSR count). The lowest BCUT2D eigenvalue weighted by Gasteiger charge is -2.10. The SMILES string of the molecule is N#CC(C(=O)c1cccc(Cl)c1F)c1cccc(Cl)c1. The molecule has 0 saturated heterocycles. The minimum Gasteiger partial charge on any atom is -0.292 e. The molecule has 0 bridgehead atoms. The predicted octanol–water partition coefficient (Wildman–Crippen LogP) is 4.62. The number of benzene rings is 2. The number of carbonyl (C=O) groups is 1. The summed E-state index contributed by atoms with van der Waals surface area (Å²) in [6.07, 6.45) is 0. The molecule has 1 unspecified atom stereocenters. The van der Waals surface area contributed by atoms with E-state index >= 15 is 0 Å². The van der Waals surface area contributed by atoms with Gasteiger partial charge in [0.2, 0.25) is 0 Å². The van der Waals surface area contributed by atoms with E-state index in [1.165, 1.54) is 24.3 Å². The van der Waals surface area contributed by atoms with Crippen molar-refractivity contribution in [3.63, 3.8) is 0 Å². The Hall–Kier alpha value is -1.89. The molecule has 100 valence electrons. The number of nitriles is 1. The average Bonchev–Trinajstić information content (AvgIpc) is 2.42. The van der Waals surface area contributed by atoms with Crippen molar-refractivity contribution in [1.29, 1.82) is 5.26 Å². The average molecular weight is 308 g/mol. The second-order valence-corrected chi connectivity index (χ2v) is 4.93. The summed E-state index contributed by atoms with van der Waals surface area (Å²) < 4.78 is 13.9. The van der Waals surface area contributed by atoms with E-state index < -0.39 is 17.5 Å². The summed E-state index contributed by atoms with van der Waals surface area (Å²) in [7, 11) is 0. The highest BCUT2D eigenvalue weighted by atomic mass is 35.5. The maximum atomic E-state index is 13.9.